The van der Waals surface area contributed by atoms with E-state index in [-0.39, 0.29) is 5.91 Å². The molecule has 0 aliphatic carbocycles. The predicted octanol–water partition coefficient (Wildman–Crippen LogP) is 1.33. The molecule has 1 atom stereocenters. The zero-order valence-corrected chi connectivity index (χ0v) is 10.6. The highest BCUT2D eigenvalue weighted by Gasteiger charge is 2.26. The molecule has 0 bridgehead atoms. The lowest BCUT2D eigenvalue weighted by atomic mass is 10.3. The summed E-state index contributed by atoms with van der Waals surface area (Å²) in [4.78, 5) is 14.3. The Labute approximate surface area is 103 Å². The van der Waals surface area contributed by atoms with Crippen molar-refractivity contribution in [1.82, 2.24) is 14.8 Å². The summed E-state index contributed by atoms with van der Waals surface area (Å²) in [6.07, 6.45) is 4.09. The van der Waals surface area contributed by atoms with Crippen molar-refractivity contribution in [3.05, 3.63) is 24.0 Å². The highest BCUT2D eigenvalue weighted by atomic mass is 16.2. The van der Waals surface area contributed by atoms with Gasteiger partial charge in [0, 0.05) is 31.9 Å². The van der Waals surface area contributed by atoms with Crippen molar-refractivity contribution in [3.8, 4) is 0 Å². The average Bonchev–Trinajstić information content (AvgIpc) is 2.97. The number of nitrogens with one attached hydrogen (secondary N) is 1. The summed E-state index contributed by atoms with van der Waals surface area (Å²) in [5, 5.41) is 3.23. The topological polar surface area (TPSA) is 37.3 Å². The molecule has 4 heteroatoms. The number of aryl methyl sites for hydroxylation is 1. The van der Waals surface area contributed by atoms with Crippen LogP contribution in [0, 0.1) is 0 Å². The number of rotatable bonds is 4. The van der Waals surface area contributed by atoms with E-state index < -0.39 is 0 Å². The van der Waals surface area contributed by atoms with E-state index in [1.807, 2.05) is 30.3 Å². The molecule has 1 saturated heterocycles. The molecule has 1 aliphatic heterocycles. The number of carbonyl (C=O) groups is 1. The Kier molecular flexibility index (Phi) is 3.84. The Morgan fingerprint density at radius 1 is 1.59 bits per heavy atom. The smallest absolute Gasteiger partial charge is 0.270 e. The highest BCUT2D eigenvalue weighted by molar-refractivity contribution is 5.93. The number of aromatic nitrogens is 1. The Bertz CT molecular complexity index is 386. The minimum atomic E-state index is 0.168. The second-order valence-electron chi connectivity index (χ2n) is 4.61. The molecule has 0 radical (unpaired) electrons. The lowest BCUT2D eigenvalue weighted by Gasteiger charge is -2.17. The molecule has 17 heavy (non-hydrogen) atoms. The van der Waals surface area contributed by atoms with Crippen LogP contribution in [0.25, 0.3) is 0 Å². The van der Waals surface area contributed by atoms with Crippen molar-refractivity contribution in [2.75, 3.05) is 20.1 Å². The molecule has 1 unspecified atom stereocenters. The van der Waals surface area contributed by atoms with Gasteiger partial charge in [0.1, 0.15) is 5.69 Å². The zero-order chi connectivity index (χ0) is 12.3. The van der Waals surface area contributed by atoms with E-state index in [0.29, 0.717) is 6.04 Å². The van der Waals surface area contributed by atoms with Crippen LogP contribution in [0.15, 0.2) is 18.3 Å². The maximum atomic E-state index is 12.3. The maximum Gasteiger partial charge on any atom is 0.270 e. The van der Waals surface area contributed by atoms with Gasteiger partial charge in [-0.3, -0.25) is 4.79 Å². The molecule has 1 aromatic rings. The monoisotopic (exact) mass is 235 g/mol. The lowest BCUT2D eigenvalue weighted by molar-refractivity contribution is 0.0779. The molecule has 4 nitrogen and oxygen atoms in total. The van der Waals surface area contributed by atoms with Gasteiger partial charge in [-0.1, -0.05) is 6.92 Å². The predicted molar refractivity (Wildman–Crippen MR) is 68.1 cm³/mol. The third-order valence-electron chi connectivity index (χ3n) is 3.40. The number of likely N-dealkylation sites (tertiary alicyclic amines) is 1. The minimum absolute atomic E-state index is 0.168. The second kappa shape index (κ2) is 5.36. The Balaban J connectivity index is 2.06. The third-order valence-corrected chi connectivity index (χ3v) is 3.40. The number of hydrogen-bond donors (Lipinski definition) is 1. The van der Waals surface area contributed by atoms with Crippen molar-refractivity contribution in [1.29, 1.82) is 0 Å². The minimum Gasteiger partial charge on any atom is -0.344 e. The van der Waals surface area contributed by atoms with Crippen LogP contribution in [0.3, 0.4) is 0 Å². The van der Waals surface area contributed by atoms with Crippen molar-refractivity contribution in [2.24, 2.45) is 0 Å². The first-order valence-corrected chi connectivity index (χ1v) is 6.38. The van der Waals surface area contributed by atoms with Crippen LogP contribution in [-0.2, 0) is 6.54 Å². The van der Waals surface area contributed by atoms with Crippen molar-refractivity contribution >= 4 is 5.91 Å². The summed E-state index contributed by atoms with van der Waals surface area (Å²) in [7, 11) is 1.96. The van der Waals surface area contributed by atoms with Gasteiger partial charge in [-0.05, 0) is 32.0 Å². The summed E-state index contributed by atoms with van der Waals surface area (Å²) in [5.74, 6) is 0.168. The van der Waals surface area contributed by atoms with E-state index in [1.54, 1.807) is 0 Å². The lowest BCUT2D eigenvalue weighted by Crippen LogP contribution is -2.34. The molecule has 0 spiro atoms. The third kappa shape index (κ3) is 2.52. The molecular weight excluding hydrogens is 214 g/mol. The molecule has 1 aromatic heterocycles. The van der Waals surface area contributed by atoms with Crippen LogP contribution < -0.4 is 5.32 Å². The largest absolute Gasteiger partial charge is 0.344 e. The summed E-state index contributed by atoms with van der Waals surface area (Å²) in [6.45, 7) is 4.73. The first kappa shape index (κ1) is 12.2. The molecule has 2 heterocycles. The van der Waals surface area contributed by atoms with Gasteiger partial charge in [0.05, 0.1) is 0 Å². The van der Waals surface area contributed by atoms with Gasteiger partial charge in [-0.15, -0.1) is 0 Å². The van der Waals surface area contributed by atoms with Gasteiger partial charge in [-0.2, -0.15) is 0 Å². The molecule has 1 aliphatic rings. The van der Waals surface area contributed by atoms with Crippen LogP contribution in [0.2, 0.25) is 0 Å². The van der Waals surface area contributed by atoms with Crippen molar-refractivity contribution in [2.45, 2.75) is 32.4 Å². The number of likely N-dealkylation sites (N-methyl/N-ethyl adjacent to an activating group) is 1. The van der Waals surface area contributed by atoms with Crippen LogP contribution >= 0.6 is 0 Å². The first-order chi connectivity index (χ1) is 8.26. The summed E-state index contributed by atoms with van der Waals surface area (Å²) < 4.78 is 2.05. The standard InChI is InChI=1S/C13H21N3O/c1-3-7-15-8-4-5-12(15)13(17)16-9-6-11(10-16)14-2/h4-5,8,11,14H,3,6-7,9-10H2,1-2H3. The van der Waals surface area contributed by atoms with Gasteiger partial charge in [0.2, 0.25) is 0 Å². The van der Waals surface area contributed by atoms with Gasteiger partial charge in [0.15, 0.2) is 0 Å². The average molecular weight is 235 g/mol. The van der Waals surface area contributed by atoms with Crippen LogP contribution in [-0.4, -0.2) is 41.6 Å². The molecule has 0 saturated carbocycles. The van der Waals surface area contributed by atoms with Crippen LogP contribution in [0.4, 0.5) is 0 Å². The van der Waals surface area contributed by atoms with E-state index in [1.165, 1.54) is 0 Å². The molecule has 1 fully saturated rings. The number of nitrogens with zero attached hydrogens (tertiary/aromatic N) is 2. The molecular formula is C13H21N3O. The van der Waals surface area contributed by atoms with Crippen molar-refractivity contribution in [3.63, 3.8) is 0 Å². The first-order valence-electron chi connectivity index (χ1n) is 6.38. The fraction of sp³-hybridized carbons (Fsp3) is 0.615. The number of carbonyl (C=O) groups excluding carboxylic acids is 1. The van der Waals surface area contributed by atoms with Crippen molar-refractivity contribution < 1.29 is 4.79 Å². The van der Waals surface area contributed by atoms with E-state index in [4.69, 9.17) is 0 Å². The van der Waals surface area contributed by atoms with Gasteiger partial charge < -0.3 is 14.8 Å². The number of hydrogen-bond acceptors (Lipinski definition) is 2. The van der Waals surface area contributed by atoms with Crippen LogP contribution in [0.1, 0.15) is 30.3 Å². The van der Waals surface area contributed by atoms with E-state index in [2.05, 4.69) is 16.8 Å². The number of amides is 1. The highest BCUT2D eigenvalue weighted by Crippen LogP contribution is 2.14. The Hall–Kier alpha value is -1.29. The van der Waals surface area contributed by atoms with Gasteiger partial charge in [0.25, 0.3) is 5.91 Å². The van der Waals surface area contributed by atoms with Gasteiger partial charge >= 0.3 is 0 Å². The summed E-state index contributed by atoms with van der Waals surface area (Å²) in [5.41, 5.74) is 0.823. The van der Waals surface area contributed by atoms with E-state index >= 15 is 0 Å². The summed E-state index contributed by atoms with van der Waals surface area (Å²) >= 11 is 0. The second-order valence-corrected chi connectivity index (χ2v) is 4.61. The molecule has 0 aromatic carbocycles. The SMILES string of the molecule is CCCn1cccc1C(=O)N1CCC(NC)C1. The molecule has 94 valence electrons. The fourth-order valence-corrected chi connectivity index (χ4v) is 2.39. The summed E-state index contributed by atoms with van der Waals surface area (Å²) in [6, 6.07) is 4.33. The molecule has 1 amide bonds. The quantitative estimate of drug-likeness (QED) is 0.855. The Morgan fingerprint density at radius 3 is 3.06 bits per heavy atom. The van der Waals surface area contributed by atoms with E-state index in [9.17, 15) is 4.79 Å². The molecule has 2 rings (SSSR count). The maximum absolute atomic E-state index is 12.3. The Morgan fingerprint density at radius 2 is 2.41 bits per heavy atom. The van der Waals surface area contributed by atoms with Gasteiger partial charge in [-0.25, -0.2) is 0 Å². The van der Waals surface area contributed by atoms with Crippen LogP contribution in [0.5, 0.6) is 0 Å². The normalized spacial score (nSPS) is 19.9. The fourth-order valence-electron chi connectivity index (χ4n) is 2.39. The molecule has 1 N–H and O–H groups in total. The zero-order valence-electron chi connectivity index (χ0n) is 10.6. The van der Waals surface area contributed by atoms with E-state index in [0.717, 1.165) is 38.2 Å².